The van der Waals surface area contributed by atoms with Crippen molar-refractivity contribution in [3.8, 4) is 5.75 Å². The summed E-state index contributed by atoms with van der Waals surface area (Å²) in [6.07, 6.45) is 3.31. The van der Waals surface area contributed by atoms with E-state index in [1.807, 2.05) is 30.3 Å². The van der Waals surface area contributed by atoms with Crippen molar-refractivity contribution < 1.29 is 9.53 Å². The van der Waals surface area contributed by atoms with Crippen LogP contribution in [0, 0.1) is 5.92 Å². The molecule has 2 atom stereocenters. The Labute approximate surface area is 160 Å². The highest BCUT2D eigenvalue weighted by Gasteiger charge is 2.33. The molecule has 2 amide bonds. The Morgan fingerprint density at radius 3 is 2.85 bits per heavy atom. The number of anilines is 1. The number of methoxy groups -OCH3 is 1. The van der Waals surface area contributed by atoms with Crippen LogP contribution in [0.25, 0.3) is 0 Å². The molecule has 5 nitrogen and oxygen atoms in total. The number of ether oxygens (including phenoxy) is 1. The number of rotatable bonds is 4. The minimum atomic E-state index is -0.127. The fourth-order valence-electron chi connectivity index (χ4n) is 4.31. The van der Waals surface area contributed by atoms with Crippen molar-refractivity contribution in [3.05, 3.63) is 59.7 Å². The highest BCUT2D eigenvalue weighted by atomic mass is 16.5. The molecule has 2 aromatic rings. The molecule has 0 saturated carbocycles. The number of hydrogen-bond donors (Lipinski definition) is 2. The average Bonchev–Trinajstić information content (AvgIpc) is 2.72. The lowest BCUT2D eigenvalue weighted by molar-refractivity contribution is 0.103. The molecular weight excluding hydrogens is 338 g/mol. The zero-order valence-electron chi connectivity index (χ0n) is 15.8. The van der Waals surface area contributed by atoms with E-state index in [0.29, 0.717) is 18.5 Å². The van der Waals surface area contributed by atoms with Gasteiger partial charge < -0.3 is 15.4 Å². The third-order valence-electron chi connectivity index (χ3n) is 5.78. The molecule has 2 aromatic carbocycles. The Morgan fingerprint density at radius 2 is 2.04 bits per heavy atom. The van der Waals surface area contributed by atoms with E-state index in [2.05, 4.69) is 33.7 Å². The van der Waals surface area contributed by atoms with Gasteiger partial charge in [0.1, 0.15) is 5.75 Å². The first-order valence-electron chi connectivity index (χ1n) is 9.73. The predicted octanol–water partition coefficient (Wildman–Crippen LogP) is 3.83. The fraction of sp³-hybridized carbons (Fsp3) is 0.409. The molecule has 1 fully saturated rings. The van der Waals surface area contributed by atoms with E-state index in [-0.39, 0.29) is 6.03 Å². The smallest absolute Gasteiger partial charge is 0.319 e. The molecule has 2 aliphatic rings. The Kier molecular flexibility index (Phi) is 5.30. The molecule has 5 heteroatoms. The molecule has 0 spiro atoms. The van der Waals surface area contributed by atoms with E-state index in [1.165, 1.54) is 11.1 Å². The van der Waals surface area contributed by atoms with Crippen LogP contribution >= 0.6 is 0 Å². The van der Waals surface area contributed by atoms with Crippen LogP contribution < -0.4 is 15.4 Å². The molecule has 0 bridgehead atoms. The average molecular weight is 365 g/mol. The van der Waals surface area contributed by atoms with E-state index < -0.39 is 0 Å². The van der Waals surface area contributed by atoms with Gasteiger partial charge >= 0.3 is 6.03 Å². The number of fused-ring (bicyclic) bond motifs is 3. The van der Waals surface area contributed by atoms with E-state index in [0.717, 1.165) is 43.8 Å². The van der Waals surface area contributed by atoms with E-state index >= 15 is 0 Å². The molecule has 27 heavy (non-hydrogen) atoms. The Morgan fingerprint density at radius 1 is 1.19 bits per heavy atom. The summed E-state index contributed by atoms with van der Waals surface area (Å²) in [6.45, 7) is 2.93. The van der Waals surface area contributed by atoms with Gasteiger partial charge in [0.2, 0.25) is 0 Å². The molecule has 2 unspecified atom stereocenters. The first-order valence-corrected chi connectivity index (χ1v) is 9.73. The van der Waals surface area contributed by atoms with Gasteiger partial charge in [-0.15, -0.1) is 0 Å². The van der Waals surface area contributed by atoms with Gasteiger partial charge in [0.25, 0.3) is 0 Å². The fourth-order valence-corrected chi connectivity index (χ4v) is 4.31. The minimum absolute atomic E-state index is 0.127. The number of hydrogen-bond acceptors (Lipinski definition) is 3. The monoisotopic (exact) mass is 365 g/mol. The highest BCUT2D eigenvalue weighted by Crippen LogP contribution is 2.39. The molecule has 0 radical (unpaired) electrons. The third-order valence-corrected chi connectivity index (χ3v) is 5.78. The van der Waals surface area contributed by atoms with Crippen molar-refractivity contribution >= 4 is 11.7 Å². The number of nitrogens with one attached hydrogen (secondary N) is 2. The van der Waals surface area contributed by atoms with Crippen molar-refractivity contribution in [3.63, 3.8) is 0 Å². The summed E-state index contributed by atoms with van der Waals surface area (Å²) in [5.74, 6) is 1.44. The van der Waals surface area contributed by atoms with Gasteiger partial charge in [-0.05, 0) is 67.1 Å². The van der Waals surface area contributed by atoms with Crippen molar-refractivity contribution in [2.45, 2.75) is 25.3 Å². The standard InChI is InChI=1S/C22H27N3O2/c1-27-19-7-8-20-17(14-19)10-12-25-11-9-16(13-21(20)25)15-23-22(26)24-18-5-3-2-4-6-18/h2-8,14,16,21H,9-13,15H2,1H3,(H2,23,24,26). The molecule has 0 aliphatic carbocycles. The first kappa shape index (κ1) is 17.9. The molecule has 2 N–H and O–H groups in total. The minimum Gasteiger partial charge on any atom is -0.497 e. The number of carbonyl (C=O) groups is 1. The summed E-state index contributed by atoms with van der Waals surface area (Å²) in [5, 5.41) is 5.94. The predicted molar refractivity (Wildman–Crippen MR) is 107 cm³/mol. The lowest BCUT2D eigenvalue weighted by Crippen LogP contribution is -2.44. The number of urea groups is 1. The van der Waals surface area contributed by atoms with E-state index in [1.54, 1.807) is 7.11 Å². The Hall–Kier alpha value is -2.53. The first-order chi connectivity index (χ1) is 13.2. The van der Waals surface area contributed by atoms with Crippen LogP contribution in [0.15, 0.2) is 48.5 Å². The maximum Gasteiger partial charge on any atom is 0.319 e. The second-order valence-electron chi connectivity index (χ2n) is 7.46. The van der Waals surface area contributed by atoms with Crippen LogP contribution in [0.5, 0.6) is 5.75 Å². The molecule has 4 rings (SSSR count). The largest absolute Gasteiger partial charge is 0.497 e. The maximum atomic E-state index is 12.2. The molecule has 1 saturated heterocycles. The Bertz CT molecular complexity index is 793. The van der Waals surface area contributed by atoms with Gasteiger partial charge in [0, 0.05) is 24.8 Å². The van der Waals surface area contributed by atoms with Crippen LogP contribution in [0.1, 0.15) is 30.0 Å². The normalized spacial score (nSPS) is 21.7. The quantitative estimate of drug-likeness (QED) is 0.866. The number of piperidine rings is 1. The SMILES string of the molecule is COc1ccc2c(c1)CCN1CCC(CNC(=O)Nc3ccccc3)CC21. The van der Waals surface area contributed by atoms with E-state index in [4.69, 9.17) is 4.74 Å². The summed E-state index contributed by atoms with van der Waals surface area (Å²) < 4.78 is 5.38. The number of nitrogens with zero attached hydrogens (tertiary/aromatic N) is 1. The molecule has 2 heterocycles. The van der Waals surface area contributed by atoms with Gasteiger partial charge in [0.05, 0.1) is 7.11 Å². The zero-order chi connectivity index (χ0) is 18.6. The summed E-state index contributed by atoms with van der Waals surface area (Å²) in [4.78, 5) is 14.8. The molecule has 2 aliphatic heterocycles. The summed E-state index contributed by atoms with van der Waals surface area (Å²) >= 11 is 0. The van der Waals surface area contributed by atoms with E-state index in [9.17, 15) is 4.79 Å². The topological polar surface area (TPSA) is 53.6 Å². The van der Waals surface area contributed by atoms with Crippen molar-refractivity contribution in [1.82, 2.24) is 10.2 Å². The van der Waals surface area contributed by atoms with Gasteiger partial charge in [0.15, 0.2) is 0 Å². The van der Waals surface area contributed by atoms with Crippen LogP contribution in [0.4, 0.5) is 10.5 Å². The van der Waals surface area contributed by atoms with Gasteiger partial charge in [-0.2, -0.15) is 0 Å². The summed E-state index contributed by atoms with van der Waals surface area (Å²) in [6, 6.07) is 16.4. The highest BCUT2D eigenvalue weighted by molar-refractivity contribution is 5.89. The number of amides is 2. The molecule has 142 valence electrons. The van der Waals surface area contributed by atoms with Crippen LogP contribution in [0.3, 0.4) is 0 Å². The van der Waals surface area contributed by atoms with Crippen molar-refractivity contribution in [1.29, 1.82) is 0 Å². The molecule has 0 aromatic heterocycles. The zero-order valence-corrected chi connectivity index (χ0v) is 15.8. The second-order valence-corrected chi connectivity index (χ2v) is 7.46. The number of benzene rings is 2. The van der Waals surface area contributed by atoms with Gasteiger partial charge in [-0.25, -0.2) is 4.79 Å². The van der Waals surface area contributed by atoms with Crippen LogP contribution in [-0.2, 0) is 6.42 Å². The lowest BCUT2D eigenvalue weighted by Gasteiger charge is -2.43. The van der Waals surface area contributed by atoms with Crippen LogP contribution in [-0.4, -0.2) is 37.7 Å². The van der Waals surface area contributed by atoms with Gasteiger partial charge in [-0.3, -0.25) is 4.90 Å². The number of carbonyl (C=O) groups excluding carboxylic acids is 1. The summed E-state index contributed by atoms with van der Waals surface area (Å²) in [5.41, 5.74) is 3.66. The summed E-state index contributed by atoms with van der Waals surface area (Å²) in [7, 11) is 1.72. The molecular formula is C22H27N3O2. The van der Waals surface area contributed by atoms with Crippen molar-refractivity contribution in [2.24, 2.45) is 5.92 Å². The third kappa shape index (κ3) is 4.08. The lowest BCUT2D eigenvalue weighted by atomic mass is 9.82. The van der Waals surface area contributed by atoms with Crippen LogP contribution in [0.2, 0.25) is 0 Å². The number of para-hydroxylation sites is 1. The Balaban J connectivity index is 1.35. The van der Waals surface area contributed by atoms with Crippen molar-refractivity contribution in [2.75, 3.05) is 32.1 Å². The maximum absolute atomic E-state index is 12.2. The van der Waals surface area contributed by atoms with Gasteiger partial charge in [-0.1, -0.05) is 24.3 Å². The second kappa shape index (κ2) is 8.01.